The molecule has 1 nitrogen and oxygen atoms in total. The van der Waals surface area contributed by atoms with E-state index in [1.54, 1.807) is 10.4 Å². The normalized spacial score (nSPS) is 18.3. The van der Waals surface area contributed by atoms with Crippen LogP contribution in [0.1, 0.15) is 47.4 Å². The molecule has 1 aromatic carbocycles. The van der Waals surface area contributed by atoms with Crippen molar-refractivity contribution >= 4 is 11.3 Å². The molecular formula is C17H21NS. The molecule has 1 aromatic heterocycles. The summed E-state index contributed by atoms with van der Waals surface area (Å²) in [6.07, 6.45) is 4.99. The van der Waals surface area contributed by atoms with E-state index < -0.39 is 0 Å². The Morgan fingerprint density at radius 1 is 1.21 bits per heavy atom. The zero-order valence-corrected chi connectivity index (χ0v) is 12.3. The fourth-order valence-corrected chi connectivity index (χ4v) is 3.99. The van der Waals surface area contributed by atoms with Crippen LogP contribution in [0.2, 0.25) is 0 Å². The second kappa shape index (κ2) is 5.89. The number of rotatable bonds is 4. The van der Waals surface area contributed by atoms with E-state index in [0.717, 1.165) is 13.0 Å². The quantitative estimate of drug-likeness (QED) is 0.864. The average Bonchev–Trinajstić information content (AvgIpc) is 2.94. The van der Waals surface area contributed by atoms with Gasteiger partial charge in [-0.05, 0) is 53.8 Å². The minimum Gasteiger partial charge on any atom is -0.306 e. The number of nitrogens with one attached hydrogen (secondary N) is 1. The SMILES string of the molecule is CCc1ccccc1CNC1CCCc2sccc21. The molecule has 2 aromatic rings. The second-order valence-electron chi connectivity index (χ2n) is 5.25. The van der Waals surface area contributed by atoms with Crippen molar-refractivity contribution in [2.24, 2.45) is 0 Å². The Balaban J connectivity index is 1.71. The molecule has 0 spiro atoms. The van der Waals surface area contributed by atoms with Crippen LogP contribution < -0.4 is 5.32 Å². The lowest BCUT2D eigenvalue weighted by atomic mass is 9.93. The highest BCUT2D eigenvalue weighted by Gasteiger charge is 2.20. The van der Waals surface area contributed by atoms with Crippen molar-refractivity contribution in [2.45, 2.75) is 45.2 Å². The van der Waals surface area contributed by atoms with Gasteiger partial charge in [-0.2, -0.15) is 0 Å². The highest BCUT2D eigenvalue weighted by Crippen LogP contribution is 2.33. The van der Waals surface area contributed by atoms with E-state index in [2.05, 4.69) is 48.0 Å². The van der Waals surface area contributed by atoms with Gasteiger partial charge in [0, 0.05) is 17.5 Å². The molecule has 1 N–H and O–H groups in total. The van der Waals surface area contributed by atoms with Crippen LogP contribution in [0.15, 0.2) is 35.7 Å². The number of aryl methyl sites for hydroxylation is 2. The van der Waals surface area contributed by atoms with Crippen LogP contribution >= 0.6 is 11.3 Å². The minimum absolute atomic E-state index is 0.555. The molecule has 100 valence electrons. The molecule has 0 bridgehead atoms. The largest absolute Gasteiger partial charge is 0.306 e. The van der Waals surface area contributed by atoms with E-state index in [4.69, 9.17) is 0 Å². The topological polar surface area (TPSA) is 12.0 Å². The summed E-state index contributed by atoms with van der Waals surface area (Å²) in [5.74, 6) is 0. The molecule has 2 heteroatoms. The van der Waals surface area contributed by atoms with E-state index in [9.17, 15) is 0 Å². The summed E-state index contributed by atoms with van der Waals surface area (Å²) >= 11 is 1.92. The molecule has 0 radical (unpaired) electrons. The number of fused-ring (bicyclic) bond motifs is 1. The lowest BCUT2D eigenvalue weighted by molar-refractivity contribution is 0.462. The van der Waals surface area contributed by atoms with Gasteiger partial charge in [-0.15, -0.1) is 11.3 Å². The molecular weight excluding hydrogens is 250 g/mol. The van der Waals surface area contributed by atoms with Crippen LogP contribution in [-0.2, 0) is 19.4 Å². The van der Waals surface area contributed by atoms with Gasteiger partial charge >= 0.3 is 0 Å². The molecule has 1 aliphatic carbocycles. The van der Waals surface area contributed by atoms with Crippen molar-refractivity contribution in [3.8, 4) is 0 Å². The van der Waals surface area contributed by atoms with E-state index >= 15 is 0 Å². The number of hydrogen-bond acceptors (Lipinski definition) is 2. The third-order valence-corrected chi connectivity index (χ3v) is 5.09. The van der Waals surface area contributed by atoms with Crippen molar-refractivity contribution < 1.29 is 0 Å². The smallest absolute Gasteiger partial charge is 0.0334 e. The maximum absolute atomic E-state index is 3.76. The first kappa shape index (κ1) is 12.9. The van der Waals surface area contributed by atoms with Gasteiger partial charge in [0.2, 0.25) is 0 Å². The molecule has 1 heterocycles. The minimum atomic E-state index is 0.555. The van der Waals surface area contributed by atoms with Crippen LogP contribution in [0.3, 0.4) is 0 Å². The van der Waals surface area contributed by atoms with Gasteiger partial charge in [-0.1, -0.05) is 31.2 Å². The average molecular weight is 271 g/mol. The van der Waals surface area contributed by atoms with Crippen LogP contribution in [0.25, 0.3) is 0 Å². The summed E-state index contributed by atoms with van der Waals surface area (Å²) in [7, 11) is 0. The first-order chi connectivity index (χ1) is 9.38. The third kappa shape index (κ3) is 2.75. The van der Waals surface area contributed by atoms with Gasteiger partial charge in [-0.3, -0.25) is 0 Å². The summed E-state index contributed by atoms with van der Waals surface area (Å²) in [5, 5.41) is 6.00. The fraction of sp³-hybridized carbons (Fsp3) is 0.412. The molecule has 1 unspecified atom stereocenters. The van der Waals surface area contributed by atoms with Crippen LogP contribution in [0.4, 0.5) is 0 Å². The Bertz CT molecular complexity index is 544. The Hall–Kier alpha value is -1.12. The molecule has 0 saturated carbocycles. The maximum Gasteiger partial charge on any atom is 0.0334 e. The standard InChI is InChI=1S/C17H21NS/c1-2-13-6-3-4-7-14(13)12-18-16-8-5-9-17-15(16)10-11-19-17/h3-4,6-7,10-11,16,18H,2,5,8-9,12H2,1H3. The molecule has 0 saturated heterocycles. The lowest BCUT2D eigenvalue weighted by Crippen LogP contribution is -2.24. The Kier molecular flexibility index (Phi) is 4.00. The highest BCUT2D eigenvalue weighted by molar-refractivity contribution is 7.10. The van der Waals surface area contributed by atoms with Gasteiger partial charge in [0.25, 0.3) is 0 Å². The predicted octanol–water partition coefficient (Wildman–Crippen LogP) is 4.48. The van der Waals surface area contributed by atoms with Gasteiger partial charge in [0.1, 0.15) is 0 Å². The number of hydrogen-bond donors (Lipinski definition) is 1. The van der Waals surface area contributed by atoms with Crippen LogP contribution in [0, 0.1) is 0 Å². The molecule has 19 heavy (non-hydrogen) atoms. The van der Waals surface area contributed by atoms with Gasteiger partial charge in [-0.25, -0.2) is 0 Å². The molecule has 3 rings (SSSR count). The Morgan fingerprint density at radius 3 is 2.89 bits per heavy atom. The van der Waals surface area contributed by atoms with Gasteiger partial charge < -0.3 is 5.32 Å². The zero-order chi connectivity index (χ0) is 13.1. The fourth-order valence-electron chi connectivity index (χ4n) is 3.01. The maximum atomic E-state index is 3.76. The monoisotopic (exact) mass is 271 g/mol. The summed E-state index contributed by atoms with van der Waals surface area (Å²) in [6, 6.07) is 11.6. The first-order valence-corrected chi connectivity index (χ1v) is 8.13. The molecule has 1 atom stereocenters. The van der Waals surface area contributed by atoms with Crippen molar-refractivity contribution in [2.75, 3.05) is 0 Å². The molecule has 0 aliphatic heterocycles. The number of benzene rings is 1. The van der Waals surface area contributed by atoms with E-state index in [-0.39, 0.29) is 0 Å². The summed E-state index contributed by atoms with van der Waals surface area (Å²) < 4.78 is 0. The predicted molar refractivity (Wildman–Crippen MR) is 82.7 cm³/mol. The van der Waals surface area contributed by atoms with Gasteiger partial charge in [0.15, 0.2) is 0 Å². The van der Waals surface area contributed by atoms with E-state index in [1.807, 2.05) is 11.3 Å². The first-order valence-electron chi connectivity index (χ1n) is 7.25. The molecule has 1 aliphatic rings. The number of thiophene rings is 1. The summed E-state index contributed by atoms with van der Waals surface area (Å²) in [4.78, 5) is 1.59. The van der Waals surface area contributed by atoms with Gasteiger partial charge in [0.05, 0.1) is 0 Å². The van der Waals surface area contributed by atoms with Crippen molar-refractivity contribution in [1.29, 1.82) is 0 Å². The summed E-state index contributed by atoms with van der Waals surface area (Å²) in [6.45, 7) is 3.22. The molecule has 0 amide bonds. The van der Waals surface area contributed by atoms with E-state index in [1.165, 1.54) is 30.4 Å². The Labute approximate surface area is 119 Å². The van der Waals surface area contributed by atoms with Crippen molar-refractivity contribution in [1.82, 2.24) is 5.32 Å². The van der Waals surface area contributed by atoms with E-state index in [0.29, 0.717) is 6.04 Å². The lowest BCUT2D eigenvalue weighted by Gasteiger charge is -2.24. The second-order valence-corrected chi connectivity index (χ2v) is 6.25. The Morgan fingerprint density at radius 2 is 2.05 bits per heavy atom. The molecule has 0 fully saturated rings. The highest BCUT2D eigenvalue weighted by atomic mass is 32.1. The third-order valence-electron chi connectivity index (χ3n) is 4.09. The zero-order valence-electron chi connectivity index (χ0n) is 11.5. The summed E-state index contributed by atoms with van der Waals surface area (Å²) in [5.41, 5.74) is 4.47. The van der Waals surface area contributed by atoms with Crippen molar-refractivity contribution in [3.05, 3.63) is 57.3 Å². The van der Waals surface area contributed by atoms with Crippen molar-refractivity contribution in [3.63, 3.8) is 0 Å². The van der Waals surface area contributed by atoms with Crippen LogP contribution in [-0.4, -0.2) is 0 Å². The van der Waals surface area contributed by atoms with Crippen LogP contribution in [0.5, 0.6) is 0 Å².